The van der Waals surface area contributed by atoms with Crippen LogP contribution < -0.4 is 20.1 Å². The summed E-state index contributed by atoms with van der Waals surface area (Å²) in [4.78, 5) is 4.69. The number of rotatable bonds is 9. The molecular weight excluding hydrogens is 505 g/mol. The zero-order valence-corrected chi connectivity index (χ0v) is 20.5. The maximum Gasteiger partial charge on any atom is 0.195 e. The minimum absolute atomic E-state index is 0. The largest absolute Gasteiger partial charge is 0.493 e. The zero-order valence-electron chi connectivity index (χ0n) is 18.2. The molecule has 3 rings (SSSR count). The van der Waals surface area contributed by atoms with Gasteiger partial charge in [0.05, 0.1) is 25.6 Å². The molecule has 3 aromatic rings. The molecule has 8 heteroatoms. The van der Waals surface area contributed by atoms with Crippen LogP contribution in [0.25, 0.3) is 5.69 Å². The molecule has 7 nitrogen and oxygen atoms in total. The highest BCUT2D eigenvalue weighted by Crippen LogP contribution is 2.30. The summed E-state index contributed by atoms with van der Waals surface area (Å²) in [6.45, 7) is 5.98. The van der Waals surface area contributed by atoms with Gasteiger partial charge in [0, 0.05) is 31.0 Å². The van der Waals surface area contributed by atoms with E-state index >= 15 is 0 Å². The van der Waals surface area contributed by atoms with Crippen LogP contribution in [-0.2, 0) is 6.42 Å². The minimum Gasteiger partial charge on any atom is -0.493 e. The van der Waals surface area contributed by atoms with Crippen molar-refractivity contribution < 1.29 is 9.47 Å². The van der Waals surface area contributed by atoms with Gasteiger partial charge in [-0.05, 0) is 50.1 Å². The van der Waals surface area contributed by atoms with Crippen molar-refractivity contribution in [2.24, 2.45) is 4.99 Å². The summed E-state index contributed by atoms with van der Waals surface area (Å²) in [7, 11) is 1.64. The fourth-order valence-electron chi connectivity index (χ4n) is 2.97. The van der Waals surface area contributed by atoms with Gasteiger partial charge in [-0.1, -0.05) is 18.2 Å². The van der Waals surface area contributed by atoms with Crippen LogP contribution >= 0.6 is 24.0 Å². The lowest BCUT2D eigenvalue weighted by Crippen LogP contribution is -2.30. The second-order valence-electron chi connectivity index (χ2n) is 6.56. The molecule has 0 saturated carbocycles. The van der Waals surface area contributed by atoms with Crippen LogP contribution in [0.1, 0.15) is 19.4 Å². The molecule has 0 amide bonds. The third-order valence-electron chi connectivity index (χ3n) is 4.40. The van der Waals surface area contributed by atoms with Crippen LogP contribution in [0, 0.1) is 0 Å². The highest BCUT2D eigenvalue weighted by Gasteiger charge is 2.07. The number of ether oxygens (including phenoxy) is 2. The summed E-state index contributed by atoms with van der Waals surface area (Å²) in [6.07, 6.45) is 4.74. The summed E-state index contributed by atoms with van der Waals surface area (Å²) in [5, 5.41) is 11.0. The van der Waals surface area contributed by atoms with Gasteiger partial charge in [-0.25, -0.2) is 4.68 Å². The highest BCUT2D eigenvalue weighted by atomic mass is 127. The fraction of sp³-hybridized carbons (Fsp3) is 0.304. The van der Waals surface area contributed by atoms with E-state index in [2.05, 4.69) is 20.7 Å². The molecule has 0 bridgehead atoms. The van der Waals surface area contributed by atoms with Crippen LogP contribution in [0.4, 0.5) is 5.69 Å². The lowest BCUT2D eigenvalue weighted by molar-refractivity contribution is 0.311. The number of hydrogen-bond acceptors (Lipinski definition) is 4. The fourth-order valence-corrected chi connectivity index (χ4v) is 2.97. The number of anilines is 1. The Morgan fingerprint density at radius 3 is 2.61 bits per heavy atom. The van der Waals surface area contributed by atoms with Gasteiger partial charge in [0.15, 0.2) is 17.5 Å². The molecule has 2 N–H and O–H groups in total. The van der Waals surface area contributed by atoms with Crippen molar-refractivity contribution in [2.45, 2.75) is 20.3 Å². The van der Waals surface area contributed by atoms with E-state index in [-0.39, 0.29) is 24.0 Å². The number of methoxy groups -OCH3 is 1. The Bertz CT molecular complexity index is 960. The first-order valence-corrected chi connectivity index (χ1v) is 10.2. The molecule has 0 saturated heterocycles. The summed E-state index contributed by atoms with van der Waals surface area (Å²) in [5.74, 6) is 2.13. The summed E-state index contributed by atoms with van der Waals surface area (Å²) in [5.41, 5.74) is 3.07. The highest BCUT2D eigenvalue weighted by molar-refractivity contribution is 14.0. The lowest BCUT2D eigenvalue weighted by atomic mass is 10.2. The molecule has 0 aliphatic heterocycles. The molecule has 0 radical (unpaired) electrons. The second-order valence-corrected chi connectivity index (χ2v) is 6.56. The Morgan fingerprint density at radius 2 is 1.90 bits per heavy atom. The standard InChI is InChI=1S/C23H29N5O2.HI/c1-4-24-23(27-19-11-12-21(29-3)22(15-19)30-5-2)25-14-13-18-16-26-28(17-18)20-9-7-6-8-10-20;/h6-12,15-17H,4-5,13-14H2,1-3H3,(H2,24,25,27);1H. The predicted octanol–water partition coefficient (Wildman–Crippen LogP) is 4.52. The smallest absolute Gasteiger partial charge is 0.195 e. The van der Waals surface area contributed by atoms with Crippen LogP contribution in [0.3, 0.4) is 0 Å². The van der Waals surface area contributed by atoms with Crippen LogP contribution in [0.2, 0.25) is 0 Å². The minimum atomic E-state index is 0. The third kappa shape index (κ3) is 7.16. The van der Waals surface area contributed by atoms with E-state index in [0.717, 1.165) is 35.9 Å². The van der Waals surface area contributed by atoms with Crippen molar-refractivity contribution in [1.82, 2.24) is 15.1 Å². The molecule has 0 aliphatic carbocycles. The Balaban J connectivity index is 0.00000341. The Labute approximate surface area is 200 Å². The van der Waals surface area contributed by atoms with Crippen LogP contribution in [0.15, 0.2) is 65.9 Å². The summed E-state index contributed by atoms with van der Waals surface area (Å²) in [6, 6.07) is 15.8. The molecule has 0 atom stereocenters. The quantitative estimate of drug-likeness (QED) is 0.240. The van der Waals surface area contributed by atoms with Crippen molar-refractivity contribution in [3.63, 3.8) is 0 Å². The van der Waals surface area contributed by atoms with Crippen molar-refractivity contribution >= 4 is 35.6 Å². The van der Waals surface area contributed by atoms with Gasteiger partial charge in [0.2, 0.25) is 0 Å². The Hall–Kier alpha value is -2.75. The molecule has 0 aliphatic rings. The first-order valence-electron chi connectivity index (χ1n) is 10.2. The average Bonchev–Trinajstić information content (AvgIpc) is 3.24. The molecule has 2 aromatic carbocycles. The molecule has 1 aromatic heterocycles. The van der Waals surface area contributed by atoms with E-state index in [1.807, 2.05) is 79.5 Å². The maximum absolute atomic E-state index is 5.65. The predicted molar refractivity (Wildman–Crippen MR) is 136 cm³/mol. The van der Waals surface area contributed by atoms with Crippen molar-refractivity contribution in [3.8, 4) is 17.2 Å². The summed E-state index contributed by atoms with van der Waals surface area (Å²) < 4.78 is 12.9. The third-order valence-corrected chi connectivity index (χ3v) is 4.40. The Kier molecular flexibility index (Phi) is 10.2. The monoisotopic (exact) mass is 535 g/mol. The first kappa shape index (κ1) is 24.5. The van der Waals surface area contributed by atoms with E-state index in [4.69, 9.17) is 9.47 Å². The number of benzene rings is 2. The van der Waals surface area contributed by atoms with Crippen molar-refractivity contribution in [2.75, 3.05) is 32.1 Å². The van der Waals surface area contributed by atoms with Crippen LogP contribution in [0.5, 0.6) is 11.5 Å². The van der Waals surface area contributed by atoms with E-state index in [9.17, 15) is 0 Å². The zero-order chi connectivity index (χ0) is 21.2. The molecule has 0 unspecified atom stereocenters. The molecule has 0 fully saturated rings. The van der Waals surface area contributed by atoms with Crippen LogP contribution in [-0.4, -0.2) is 42.5 Å². The lowest BCUT2D eigenvalue weighted by Gasteiger charge is -2.14. The number of para-hydroxylation sites is 1. The molecular formula is C23H30IN5O2. The number of halogens is 1. The SMILES string of the molecule is CCNC(=NCCc1cnn(-c2ccccc2)c1)Nc1ccc(OC)c(OCC)c1.I. The van der Waals surface area contributed by atoms with E-state index in [1.165, 1.54) is 0 Å². The number of aromatic nitrogens is 2. The van der Waals surface area contributed by atoms with Crippen molar-refractivity contribution in [3.05, 3.63) is 66.5 Å². The number of aliphatic imine (C=N–C) groups is 1. The van der Waals surface area contributed by atoms with Gasteiger partial charge >= 0.3 is 0 Å². The van der Waals surface area contributed by atoms with E-state index in [1.54, 1.807) is 7.11 Å². The van der Waals surface area contributed by atoms with Gasteiger partial charge in [-0.3, -0.25) is 4.99 Å². The van der Waals surface area contributed by atoms with E-state index < -0.39 is 0 Å². The van der Waals surface area contributed by atoms with Gasteiger partial charge < -0.3 is 20.1 Å². The van der Waals surface area contributed by atoms with Gasteiger partial charge in [0.25, 0.3) is 0 Å². The number of nitrogens with one attached hydrogen (secondary N) is 2. The maximum atomic E-state index is 5.65. The Morgan fingerprint density at radius 1 is 1.10 bits per heavy atom. The first-order chi connectivity index (χ1) is 14.7. The van der Waals surface area contributed by atoms with Crippen molar-refractivity contribution in [1.29, 1.82) is 0 Å². The van der Waals surface area contributed by atoms with E-state index in [0.29, 0.717) is 24.7 Å². The normalized spacial score (nSPS) is 10.9. The molecule has 0 spiro atoms. The van der Waals surface area contributed by atoms with Gasteiger partial charge in [-0.15, -0.1) is 24.0 Å². The summed E-state index contributed by atoms with van der Waals surface area (Å²) >= 11 is 0. The number of nitrogens with zero attached hydrogens (tertiary/aromatic N) is 3. The van der Waals surface area contributed by atoms with Gasteiger partial charge in [0.1, 0.15) is 0 Å². The molecule has 166 valence electrons. The molecule has 31 heavy (non-hydrogen) atoms. The topological polar surface area (TPSA) is 72.7 Å². The second kappa shape index (κ2) is 12.8. The number of guanidine groups is 1. The molecule has 1 heterocycles. The average molecular weight is 535 g/mol. The van der Waals surface area contributed by atoms with Gasteiger partial charge in [-0.2, -0.15) is 5.10 Å². The number of hydrogen-bond donors (Lipinski definition) is 2.